The van der Waals surface area contributed by atoms with Gasteiger partial charge in [-0.3, -0.25) is 0 Å². The molecule has 0 aliphatic carbocycles. The fraction of sp³-hybridized carbons (Fsp3) is 0.556. The Bertz CT molecular complexity index is 598. The summed E-state index contributed by atoms with van der Waals surface area (Å²) >= 11 is 0. The number of benzene rings is 1. The summed E-state index contributed by atoms with van der Waals surface area (Å²) in [5, 5.41) is 2.85. The van der Waals surface area contributed by atoms with Crippen molar-refractivity contribution in [2.75, 3.05) is 45.9 Å². The predicted molar refractivity (Wildman–Crippen MR) is 95.0 cm³/mol. The molecule has 0 saturated carbocycles. The van der Waals surface area contributed by atoms with Crippen LogP contribution in [0.4, 0.5) is 9.59 Å². The highest BCUT2D eigenvalue weighted by Crippen LogP contribution is 2.18. The summed E-state index contributed by atoms with van der Waals surface area (Å²) in [4.78, 5) is 27.1. The number of nitrogens with zero attached hydrogens (tertiary/aromatic N) is 2. The maximum atomic E-state index is 12.2. The predicted octanol–water partition coefficient (Wildman–Crippen LogP) is 2.17. The van der Waals surface area contributed by atoms with Crippen LogP contribution in [-0.2, 0) is 4.74 Å². The third-order valence-corrected chi connectivity index (χ3v) is 4.07. The lowest BCUT2D eigenvalue weighted by molar-refractivity contribution is 0.0851. The third kappa shape index (κ3) is 5.55. The van der Waals surface area contributed by atoms with Gasteiger partial charge in [-0.05, 0) is 38.0 Å². The van der Waals surface area contributed by atoms with Crippen LogP contribution in [-0.4, -0.2) is 67.9 Å². The zero-order valence-electron chi connectivity index (χ0n) is 15.2. The first kappa shape index (κ1) is 18.9. The number of nitrogens with one attached hydrogen (secondary N) is 1. The smallest absolute Gasteiger partial charge is 0.409 e. The van der Waals surface area contributed by atoms with Gasteiger partial charge in [0.1, 0.15) is 12.4 Å². The zero-order valence-corrected chi connectivity index (χ0v) is 15.2. The number of amides is 3. The number of hydrogen-bond acceptors (Lipinski definition) is 4. The molecule has 0 spiro atoms. The van der Waals surface area contributed by atoms with Gasteiger partial charge < -0.3 is 24.6 Å². The Hall–Kier alpha value is -2.44. The topological polar surface area (TPSA) is 71.1 Å². The summed E-state index contributed by atoms with van der Waals surface area (Å²) < 4.78 is 10.7. The van der Waals surface area contributed by atoms with Crippen LogP contribution in [0.25, 0.3) is 0 Å². The normalized spacial score (nSPS) is 14.2. The van der Waals surface area contributed by atoms with E-state index in [1.165, 1.54) is 0 Å². The van der Waals surface area contributed by atoms with Gasteiger partial charge >= 0.3 is 12.1 Å². The lowest BCUT2D eigenvalue weighted by atomic mass is 10.1. The molecule has 1 fully saturated rings. The highest BCUT2D eigenvalue weighted by Gasteiger charge is 2.24. The van der Waals surface area contributed by atoms with Crippen LogP contribution in [0.2, 0.25) is 0 Å². The number of urea groups is 1. The minimum absolute atomic E-state index is 0.131. The molecule has 2 rings (SSSR count). The molecule has 1 heterocycles. The molecule has 0 bridgehead atoms. The molecule has 7 heteroatoms. The van der Waals surface area contributed by atoms with Crippen molar-refractivity contribution in [2.45, 2.75) is 20.8 Å². The highest BCUT2D eigenvalue weighted by atomic mass is 16.6. The van der Waals surface area contributed by atoms with Crippen LogP contribution in [0.3, 0.4) is 0 Å². The monoisotopic (exact) mass is 349 g/mol. The Labute approximate surface area is 148 Å². The minimum atomic E-state index is -0.315. The van der Waals surface area contributed by atoms with Crippen molar-refractivity contribution in [3.8, 4) is 5.75 Å². The zero-order chi connectivity index (χ0) is 18.2. The van der Waals surface area contributed by atoms with Crippen LogP contribution in [0.1, 0.15) is 18.1 Å². The second kappa shape index (κ2) is 9.15. The number of carbonyl (C=O) groups is 2. The first-order chi connectivity index (χ1) is 12.0. The van der Waals surface area contributed by atoms with Crippen molar-refractivity contribution in [3.63, 3.8) is 0 Å². The van der Waals surface area contributed by atoms with Gasteiger partial charge in [0.15, 0.2) is 0 Å². The van der Waals surface area contributed by atoms with E-state index in [0.717, 1.165) is 16.9 Å². The SMILES string of the molecule is CCOC(=O)N1CCN(C(=O)NCCOc2cc(C)ccc2C)CC1. The molecule has 25 heavy (non-hydrogen) atoms. The number of piperazine rings is 1. The van der Waals surface area contributed by atoms with Crippen LogP contribution in [0.5, 0.6) is 5.75 Å². The maximum Gasteiger partial charge on any atom is 0.409 e. The van der Waals surface area contributed by atoms with Gasteiger partial charge in [-0.1, -0.05) is 12.1 Å². The molecule has 1 aromatic rings. The molecule has 1 N–H and O–H groups in total. The number of ether oxygens (including phenoxy) is 2. The fourth-order valence-electron chi connectivity index (χ4n) is 2.60. The standard InChI is InChI=1S/C18H27N3O4/c1-4-24-18(23)21-10-8-20(9-11-21)17(22)19-7-12-25-16-13-14(2)5-6-15(16)3/h5-6,13H,4,7-12H2,1-3H3,(H,19,22). The van der Waals surface area contributed by atoms with Crippen molar-refractivity contribution in [1.82, 2.24) is 15.1 Å². The lowest BCUT2D eigenvalue weighted by Gasteiger charge is -2.34. The Morgan fingerprint density at radius 1 is 1.12 bits per heavy atom. The number of rotatable bonds is 5. The van der Waals surface area contributed by atoms with E-state index in [2.05, 4.69) is 5.32 Å². The Morgan fingerprint density at radius 3 is 2.48 bits per heavy atom. The molecule has 1 aromatic carbocycles. The summed E-state index contributed by atoms with van der Waals surface area (Å²) in [6, 6.07) is 5.92. The Balaban J connectivity index is 1.67. The maximum absolute atomic E-state index is 12.2. The molecule has 0 aromatic heterocycles. The van der Waals surface area contributed by atoms with Crippen LogP contribution < -0.4 is 10.1 Å². The summed E-state index contributed by atoms with van der Waals surface area (Å²) in [5.41, 5.74) is 2.22. The van der Waals surface area contributed by atoms with E-state index >= 15 is 0 Å². The van der Waals surface area contributed by atoms with Crippen LogP contribution in [0, 0.1) is 13.8 Å². The number of hydrogen-bond donors (Lipinski definition) is 1. The molecule has 0 atom stereocenters. The molecule has 7 nitrogen and oxygen atoms in total. The number of carbonyl (C=O) groups excluding carboxylic acids is 2. The average Bonchev–Trinajstić information content (AvgIpc) is 2.61. The Kier molecular flexibility index (Phi) is 6.91. The van der Waals surface area contributed by atoms with E-state index in [9.17, 15) is 9.59 Å². The van der Waals surface area contributed by atoms with Gasteiger partial charge in [0.25, 0.3) is 0 Å². The third-order valence-electron chi connectivity index (χ3n) is 4.07. The van der Waals surface area contributed by atoms with Crippen LogP contribution >= 0.6 is 0 Å². The largest absolute Gasteiger partial charge is 0.491 e. The van der Waals surface area contributed by atoms with Gasteiger partial charge in [-0.25, -0.2) is 9.59 Å². The lowest BCUT2D eigenvalue weighted by Crippen LogP contribution is -2.53. The van der Waals surface area contributed by atoms with Gasteiger partial charge in [0, 0.05) is 26.2 Å². The molecular weight excluding hydrogens is 322 g/mol. The first-order valence-electron chi connectivity index (χ1n) is 8.65. The summed E-state index contributed by atoms with van der Waals surface area (Å²) in [6.07, 6.45) is -0.315. The molecule has 1 aliphatic heterocycles. The van der Waals surface area contributed by atoms with E-state index in [1.807, 2.05) is 32.0 Å². The number of aryl methyl sites for hydroxylation is 2. The second-order valence-corrected chi connectivity index (χ2v) is 6.02. The second-order valence-electron chi connectivity index (χ2n) is 6.02. The van der Waals surface area contributed by atoms with Crippen molar-refractivity contribution in [2.24, 2.45) is 0 Å². The molecule has 0 unspecified atom stereocenters. The van der Waals surface area contributed by atoms with Gasteiger partial charge in [0.05, 0.1) is 13.2 Å². The van der Waals surface area contributed by atoms with Gasteiger partial charge in [-0.2, -0.15) is 0 Å². The molecule has 1 aliphatic rings. The van der Waals surface area contributed by atoms with Crippen LogP contribution in [0.15, 0.2) is 18.2 Å². The van der Waals surface area contributed by atoms with E-state index in [4.69, 9.17) is 9.47 Å². The van der Waals surface area contributed by atoms with E-state index in [-0.39, 0.29) is 12.1 Å². The van der Waals surface area contributed by atoms with Gasteiger partial charge in [-0.15, -0.1) is 0 Å². The van der Waals surface area contributed by atoms with Crippen molar-refractivity contribution in [3.05, 3.63) is 29.3 Å². The van der Waals surface area contributed by atoms with Crippen molar-refractivity contribution < 1.29 is 19.1 Å². The van der Waals surface area contributed by atoms with Gasteiger partial charge in [0.2, 0.25) is 0 Å². The molecule has 3 amide bonds. The van der Waals surface area contributed by atoms with E-state index in [1.54, 1.807) is 16.7 Å². The fourth-order valence-corrected chi connectivity index (χ4v) is 2.60. The first-order valence-corrected chi connectivity index (χ1v) is 8.65. The quantitative estimate of drug-likeness (QED) is 0.827. The molecular formula is C18H27N3O4. The summed E-state index contributed by atoms with van der Waals surface area (Å²) in [7, 11) is 0. The highest BCUT2D eigenvalue weighted by molar-refractivity contribution is 5.75. The molecule has 0 radical (unpaired) electrons. The molecule has 138 valence electrons. The molecule has 1 saturated heterocycles. The average molecular weight is 349 g/mol. The van der Waals surface area contributed by atoms with E-state index < -0.39 is 0 Å². The summed E-state index contributed by atoms with van der Waals surface area (Å²) in [6.45, 7) is 8.99. The van der Waals surface area contributed by atoms with E-state index in [0.29, 0.717) is 45.9 Å². The van der Waals surface area contributed by atoms with Crippen molar-refractivity contribution >= 4 is 12.1 Å². The summed E-state index contributed by atoms with van der Waals surface area (Å²) in [5.74, 6) is 0.845. The van der Waals surface area contributed by atoms with Crippen molar-refractivity contribution in [1.29, 1.82) is 0 Å². The Morgan fingerprint density at radius 2 is 1.80 bits per heavy atom. The minimum Gasteiger partial charge on any atom is -0.491 e.